The molecule has 0 heterocycles. The molecule has 3 heteroatoms. The van der Waals surface area contributed by atoms with Crippen molar-refractivity contribution in [3.05, 3.63) is 25.7 Å². The maximum atomic E-state index is 8.88. The SMILES string of the molecule is C=COC=C.OCC1CCCCC1CO. The van der Waals surface area contributed by atoms with Crippen molar-refractivity contribution in [3.8, 4) is 0 Å². The average molecular weight is 214 g/mol. The third-order valence-electron chi connectivity index (χ3n) is 2.73. The molecule has 0 aromatic carbocycles. The Hall–Kier alpha value is -0.800. The summed E-state index contributed by atoms with van der Waals surface area (Å²) in [6.07, 6.45) is 7.27. The molecule has 1 saturated carbocycles. The summed E-state index contributed by atoms with van der Waals surface area (Å²) in [7, 11) is 0. The molecule has 0 aromatic heterocycles. The molecule has 2 atom stereocenters. The Morgan fingerprint density at radius 2 is 1.40 bits per heavy atom. The number of hydrogen-bond acceptors (Lipinski definition) is 3. The van der Waals surface area contributed by atoms with E-state index in [-0.39, 0.29) is 13.2 Å². The maximum Gasteiger partial charge on any atom is 0.0829 e. The molecule has 1 aliphatic rings. The minimum Gasteiger partial charge on any atom is -0.474 e. The van der Waals surface area contributed by atoms with E-state index >= 15 is 0 Å². The van der Waals surface area contributed by atoms with Gasteiger partial charge in [-0.3, -0.25) is 0 Å². The molecule has 15 heavy (non-hydrogen) atoms. The molecule has 0 spiro atoms. The van der Waals surface area contributed by atoms with Gasteiger partial charge in [0.1, 0.15) is 0 Å². The van der Waals surface area contributed by atoms with Crippen molar-refractivity contribution in [1.29, 1.82) is 0 Å². The lowest BCUT2D eigenvalue weighted by Crippen LogP contribution is -2.25. The lowest BCUT2D eigenvalue weighted by molar-refractivity contribution is 0.0869. The highest BCUT2D eigenvalue weighted by molar-refractivity contribution is 4.73. The first-order valence-corrected chi connectivity index (χ1v) is 5.39. The minimum absolute atomic E-state index is 0.255. The van der Waals surface area contributed by atoms with Gasteiger partial charge in [-0.25, -0.2) is 0 Å². The van der Waals surface area contributed by atoms with E-state index in [9.17, 15) is 0 Å². The van der Waals surface area contributed by atoms with Gasteiger partial charge in [-0.2, -0.15) is 0 Å². The Bertz CT molecular complexity index is 150. The highest BCUT2D eigenvalue weighted by Crippen LogP contribution is 2.28. The third kappa shape index (κ3) is 6.31. The second-order valence-electron chi connectivity index (χ2n) is 3.64. The maximum absolute atomic E-state index is 8.88. The van der Waals surface area contributed by atoms with Crippen molar-refractivity contribution < 1.29 is 14.9 Å². The van der Waals surface area contributed by atoms with E-state index in [1.54, 1.807) is 0 Å². The number of hydrogen-bond donors (Lipinski definition) is 2. The molecule has 88 valence electrons. The van der Waals surface area contributed by atoms with Gasteiger partial charge in [0.25, 0.3) is 0 Å². The van der Waals surface area contributed by atoms with Crippen LogP contribution in [-0.2, 0) is 4.74 Å². The van der Waals surface area contributed by atoms with E-state index in [1.807, 2.05) is 0 Å². The Morgan fingerprint density at radius 3 is 1.60 bits per heavy atom. The van der Waals surface area contributed by atoms with Gasteiger partial charge in [-0.1, -0.05) is 26.0 Å². The molecule has 1 aliphatic carbocycles. The topological polar surface area (TPSA) is 49.7 Å². The second-order valence-corrected chi connectivity index (χ2v) is 3.64. The Kier molecular flexibility index (Phi) is 9.22. The molecule has 2 N–H and O–H groups in total. The van der Waals surface area contributed by atoms with Gasteiger partial charge in [0.05, 0.1) is 12.5 Å². The van der Waals surface area contributed by atoms with Gasteiger partial charge in [0, 0.05) is 13.2 Å². The minimum atomic E-state index is 0.255. The molecule has 1 fully saturated rings. The molecule has 0 bridgehead atoms. The molecule has 0 radical (unpaired) electrons. The Labute approximate surface area is 92.1 Å². The summed E-state index contributed by atoms with van der Waals surface area (Å²) < 4.78 is 4.36. The lowest BCUT2D eigenvalue weighted by atomic mass is 9.80. The molecule has 0 aliphatic heterocycles. The van der Waals surface area contributed by atoms with Gasteiger partial charge < -0.3 is 14.9 Å². The predicted octanol–water partition coefficient (Wildman–Crippen LogP) is 2.07. The molecular formula is C12H22O3. The number of aliphatic hydroxyl groups is 2. The quantitative estimate of drug-likeness (QED) is 0.704. The Balaban J connectivity index is 0.000000336. The van der Waals surface area contributed by atoms with Crippen LogP contribution in [0.2, 0.25) is 0 Å². The summed E-state index contributed by atoms with van der Waals surface area (Å²) in [5.41, 5.74) is 0. The van der Waals surface area contributed by atoms with E-state index in [2.05, 4.69) is 17.9 Å². The van der Waals surface area contributed by atoms with Gasteiger partial charge in [0.2, 0.25) is 0 Å². The fraction of sp³-hybridized carbons (Fsp3) is 0.667. The summed E-state index contributed by atoms with van der Waals surface area (Å²) >= 11 is 0. The van der Waals surface area contributed by atoms with Crippen molar-refractivity contribution in [1.82, 2.24) is 0 Å². The zero-order chi connectivity index (χ0) is 11.5. The summed E-state index contributed by atoms with van der Waals surface area (Å²) in [6, 6.07) is 0. The second kappa shape index (κ2) is 9.74. The van der Waals surface area contributed by atoms with Crippen LogP contribution in [0.1, 0.15) is 25.7 Å². The van der Waals surface area contributed by atoms with Crippen molar-refractivity contribution in [2.45, 2.75) is 25.7 Å². The van der Waals surface area contributed by atoms with E-state index in [4.69, 9.17) is 10.2 Å². The lowest BCUT2D eigenvalue weighted by Gasteiger charge is -2.28. The fourth-order valence-corrected chi connectivity index (χ4v) is 1.83. The highest BCUT2D eigenvalue weighted by Gasteiger charge is 2.23. The van der Waals surface area contributed by atoms with Crippen LogP contribution in [0.15, 0.2) is 25.7 Å². The summed E-state index contributed by atoms with van der Waals surface area (Å²) in [5.74, 6) is 0.748. The van der Waals surface area contributed by atoms with E-state index < -0.39 is 0 Å². The first-order chi connectivity index (χ1) is 7.29. The predicted molar refractivity (Wildman–Crippen MR) is 61.1 cm³/mol. The van der Waals surface area contributed by atoms with Gasteiger partial charge >= 0.3 is 0 Å². The van der Waals surface area contributed by atoms with Crippen molar-refractivity contribution in [3.63, 3.8) is 0 Å². The van der Waals surface area contributed by atoms with E-state index in [0.29, 0.717) is 11.8 Å². The number of ether oxygens (including phenoxy) is 1. The first kappa shape index (κ1) is 14.2. The zero-order valence-corrected chi connectivity index (χ0v) is 9.27. The van der Waals surface area contributed by atoms with Crippen LogP contribution < -0.4 is 0 Å². The Morgan fingerprint density at radius 1 is 1.00 bits per heavy atom. The van der Waals surface area contributed by atoms with Crippen LogP contribution in [0.25, 0.3) is 0 Å². The summed E-state index contributed by atoms with van der Waals surface area (Å²) in [6.45, 7) is 7.02. The van der Waals surface area contributed by atoms with Crippen LogP contribution in [0, 0.1) is 11.8 Å². The monoisotopic (exact) mass is 214 g/mol. The number of aliphatic hydroxyl groups excluding tert-OH is 2. The van der Waals surface area contributed by atoms with Gasteiger partial charge in [-0.15, -0.1) is 0 Å². The van der Waals surface area contributed by atoms with E-state index in [0.717, 1.165) is 12.8 Å². The molecule has 3 nitrogen and oxygen atoms in total. The molecule has 0 aromatic rings. The normalized spacial score (nSPS) is 24.7. The molecule has 0 saturated heterocycles. The zero-order valence-electron chi connectivity index (χ0n) is 9.27. The van der Waals surface area contributed by atoms with Crippen molar-refractivity contribution >= 4 is 0 Å². The van der Waals surface area contributed by atoms with Crippen LogP contribution in [0.3, 0.4) is 0 Å². The first-order valence-electron chi connectivity index (χ1n) is 5.39. The van der Waals surface area contributed by atoms with Crippen molar-refractivity contribution in [2.24, 2.45) is 11.8 Å². The summed E-state index contributed by atoms with van der Waals surface area (Å²) in [4.78, 5) is 0. The summed E-state index contributed by atoms with van der Waals surface area (Å²) in [5, 5.41) is 17.8. The van der Waals surface area contributed by atoms with Crippen LogP contribution in [-0.4, -0.2) is 23.4 Å². The highest BCUT2D eigenvalue weighted by atomic mass is 16.5. The van der Waals surface area contributed by atoms with Gasteiger partial charge in [0.15, 0.2) is 0 Å². The van der Waals surface area contributed by atoms with Gasteiger partial charge in [-0.05, 0) is 24.7 Å². The largest absolute Gasteiger partial charge is 0.474 e. The molecule has 0 amide bonds. The standard InChI is InChI=1S/C8H16O2.C4H6O/c9-5-7-3-1-2-4-8(7)6-10;1-3-5-4-2/h7-10H,1-6H2;3-4H,1-2H2. The molecular weight excluding hydrogens is 192 g/mol. The van der Waals surface area contributed by atoms with Crippen LogP contribution >= 0.6 is 0 Å². The van der Waals surface area contributed by atoms with Crippen LogP contribution in [0.5, 0.6) is 0 Å². The van der Waals surface area contributed by atoms with Crippen molar-refractivity contribution in [2.75, 3.05) is 13.2 Å². The number of rotatable bonds is 4. The van der Waals surface area contributed by atoms with E-state index in [1.165, 1.54) is 25.4 Å². The van der Waals surface area contributed by atoms with Crippen LogP contribution in [0.4, 0.5) is 0 Å². The molecule has 2 unspecified atom stereocenters. The molecule has 1 rings (SSSR count). The average Bonchev–Trinajstić information content (AvgIpc) is 2.31. The fourth-order valence-electron chi connectivity index (χ4n) is 1.83. The third-order valence-corrected chi connectivity index (χ3v) is 2.73. The smallest absolute Gasteiger partial charge is 0.0829 e.